The fraction of sp³-hybridized carbons (Fsp3) is 0.381. The van der Waals surface area contributed by atoms with E-state index < -0.39 is 16.1 Å². The Morgan fingerprint density at radius 1 is 1.14 bits per heavy atom. The van der Waals surface area contributed by atoms with Crippen LogP contribution in [0.25, 0.3) is 0 Å². The quantitative estimate of drug-likeness (QED) is 0.745. The predicted octanol–water partition coefficient (Wildman–Crippen LogP) is 2.18. The molecule has 7 nitrogen and oxygen atoms in total. The molecule has 0 aliphatic carbocycles. The van der Waals surface area contributed by atoms with Crippen molar-refractivity contribution < 1.29 is 22.7 Å². The molecule has 2 aromatic rings. The smallest absolute Gasteiger partial charge is 0.243 e. The molecular formula is C21H26N2O5S. The molecule has 8 heteroatoms. The Balaban J connectivity index is 1.74. The van der Waals surface area contributed by atoms with Gasteiger partial charge in [0.25, 0.3) is 0 Å². The van der Waals surface area contributed by atoms with Gasteiger partial charge in [0.05, 0.1) is 11.0 Å². The zero-order valence-electron chi connectivity index (χ0n) is 16.6. The van der Waals surface area contributed by atoms with E-state index in [0.29, 0.717) is 25.2 Å². The normalized spacial score (nSPS) is 20.2. The lowest BCUT2D eigenvalue weighted by atomic mass is 10.0. The molecule has 156 valence electrons. The van der Waals surface area contributed by atoms with E-state index in [-0.39, 0.29) is 23.5 Å². The second-order valence-corrected chi connectivity index (χ2v) is 8.76. The van der Waals surface area contributed by atoms with Gasteiger partial charge in [0, 0.05) is 20.7 Å². The summed E-state index contributed by atoms with van der Waals surface area (Å²) < 4.78 is 38.7. The predicted molar refractivity (Wildman–Crippen MR) is 109 cm³/mol. The number of benzene rings is 2. The summed E-state index contributed by atoms with van der Waals surface area (Å²) in [5, 5.41) is 2.55. The number of amides is 1. The van der Waals surface area contributed by atoms with E-state index >= 15 is 0 Å². The zero-order valence-corrected chi connectivity index (χ0v) is 17.4. The molecule has 1 heterocycles. The first-order valence-electron chi connectivity index (χ1n) is 9.48. The maximum absolute atomic E-state index is 13.2. The third-order valence-corrected chi connectivity index (χ3v) is 6.99. The van der Waals surface area contributed by atoms with Gasteiger partial charge in [0.1, 0.15) is 18.4 Å². The fourth-order valence-corrected chi connectivity index (χ4v) is 5.02. The zero-order chi connectivity index (χ0) is 20.9. The Bertz CT molecular complexity index is 916. The summed E-state index contributed by atoms with van der Waals surface area (Å²) >= 11 is 0. The van der Waals surface area contributed by atoms with Crippen molar-refractivity contribution in [3.63, 3.8) is 0 Å². The molecule has 0 radical (unpaired) electrons. The number of piperidine rings is 1. The van der Waals surface area contributed by atoms with Crippen LogP contribution in [0.2, 0.25) is 0 Å². The van der Waals surface area contributed by atoms with E-state index in [2.05, 4.69) is 5.32 Å². The van der Waals surface area contributed by atoms with E-state index in [1.54, 1.807) is 19.2 Å². The highest BCUT2D eigenvalue weighted by Crippen LogP contribution is 2.28. The standard InChI is InChI=1S/C21H26N2O5S/c1-22-21(24)20-14-18(27-2)12-13-23(20)29(25,26)19-10-8-17(9-11-19)28-15-16-6-4-3-5-7-16/h3-11,18,20H,12-15H2,1-2H3,(H,22,24). The van der Waals surface area contributed by atoms with Gasteiger partial charge < -0.3 is 14.8 Å². The molecule has 1 aliphatic rings. The van der Waals surface area contributed by atoms with E-state index in [0.717, 1.165) is 5.56 Å². The van der Waals surface area contributed by atoms with Crippen LogP contribution in [0, 0.1) is 0 Å². The number of methoxy groups -OCH3 is 1. The number of hydrogen-bond donors (Lipinski definition) is 1. The minimum absolute atomic E-state index is 0.134. The third kappa shape index (κ3) is 4.95. The SMILES string of the molecule is CNC(=O)C1CC(OC)CCN1S(=O)(=O)c1ccc(OCc2ccccc2)cc1. The Hall–Kier alpha value is -2.42. The van der Waals surface area contributed by atoms with Gasteiger partial charge in [-0.15, -0.1) is 0 Å². The van der Waals surface area contributed by atoms with E-state index in [9.17, 15) is 13.2 Å². The highest BCUT2D eigenvalue weighted by Gasteiger charge is 2.40. The van der Waals surface area contributed by atoms with Crippen molar-refractivity contribution in [2.75, 3.05) is 20.7 Å². The van der Waals surface area contributed by atoms with Crippen molar-refractivity contribution in [3.05, 3.63) is 60.2 Å². The van der Waals surface area contributed by atoms with Gasteiger partial charge in [-0.2, -0.15) is 4.31 Å². The third-order valence-electron chi connectivity index (χ3n) is 5.07. The molecule has 0 bridgehead atoms. The van der Waals surface area contributed by atoms with Crippen molar-refractivity contribution >= 4 is 15.9 Å². The average Bonchev–Trinajstić information content (AvgIpc) is 2.77. The summed E-state index contributed by atoms with van der Waals surface area (Å²) in [4.78, 5) is 12.4. The van der Waals surface area contributed by atoms with Crippen LogP contribution in [0.3, 0.4) is 0 Å². The maximum Gasteiger partial charge on any atom is 0.243 e. The van der Waals surface area contributed by atoms with Gasteiger partial charge in [-0.1, -0.05) is 30.3 Å². The summed E-state index contributed by atoms with van der Waals surface area (Å²) in [7, 11) is -0.745. The Morgan fingerprint density at radius 2 is 1.83 bits per heavy atom. The van der Waals surface area contributed by atoms with Gasteiger partial charge >= 0.3 is 0 Å². The van der Waals surface area contributed by atoms with Crippen molar-refractivity contribution in [2.45, 2.75) is 36.5 Å². The van der Waals surface area contributed by atoms with Crippen LogP contribution in [0.15, 0.2) is 59.5 Å². The second kappa shape index (κ2) is 9.39. The Labute approximate surface area is 171 Å². The number of ether oxygens (including phenoxy) is 2. The molecule has 2 aromatic carbocycles. The van der Waals surface area contributed by atoms with Crippen LogP contribution >= 0.6 is 0 Å². The van der Waals surface area contributed by atoms with Crippen molar-refractivity contribution in [1.82, 2.24) is 9.62 Å². The minimum Gasteiger partial charge on any atom is -0.489 e. The van der Waals surface area contributed by atoms with Crippen LogP contribution in [0.4, 0.5) is 0 Å². The van der Waals surface area contributed by atoms with Crippen LogP contribution in [0.5, 0.6) is 5.75 Å². The minimum atomic E-state index is -3.82. The highest BCUT2D eigenvalue weighted by atomic mass is 32.2. The number of nitrogens with zero attached hydrogens (tertiary/aromatic N) is 1. The largest absolute Gasteiger partial charge is 0.489 e. The number of carbonyl (C=O) groups is 1. The lowest BCUT2D eigenvalue weighted by molar-refractivity contribution is -0.127. The first-order valence-corrected chi connectivity index (χ1v) is 10.9. The van der Waals surface area contributed by atoms with Crippen LogP contribution in [0.1, 0.15) is 18.4 Å². The Kier molecular flexibility index (Phi) is 6.89. The maximum atomic E-state index is 13.2. The molecular weight excluding hydrogens is 392 g/mol. The van der Waals surface area contributed by atoms with Gasteiger partial charge in [-0.3, -0.25) is 4.79 Å². The van der Waals surface area contributed by atoms with Gasteiger partial charge in [0.15, 0.2) is 0 Å². The van der Waals surface area contributed by atoms with Gasteiger partial charge in [-0.25, -0.2) is 8.42 Å². The van der Waals surface area contributed by atoms with E-state index in [1.807, 2.05) is 30.3 Å². The van der Waals surface area contributed by atoms with Crippen molar-refractivity contribution in [2.24, 2.45) is 0 Å². The lowest BCUT2D eigenvalue weighted by Crippen LogP contribution is -2.54. The molecule has 2 unspecified atom stereocenters. The van der Waals surface area contributed by atoms with Crippen LogP contribution < -0.4 is 10.1 Å². The highest BCUT2D eigenvalue weighted by molar-refractivity contribution is 7.89. The van der Waals surface area contributed by atoms with Gasteiger partial charge in [0.2, 0.25) is 15.9 Å². The molecule has 0 aromatic heterocycles. The molecule has 1 aliphatic heterocycles. The lowest BCUT2D eigenvalue weighted by Gasteiger charge is -2.36. The van der Waals surface area contributed by atoms with E-state index in [1.165, 1.54) is 23.5 Å². The van der Waals surface area contributed by atoms with Crippen molar-refractivity contribution in [1.29, 1.82) is 0 Å². The fourth-order valence-electron chi connectivity index (χ4n) is 3.40. The monoisotopic (exact) mass is 418 g/mol. The number of sulfonamides is 1. The summed E-state index contributed by atoms with van der Waals surface area (Å²) in [5.41, 5.74) is 1.03. The summed E-state index contributed by atoms with van der Waals surface area (Å²) in [6, 6.07) is 15.2. The van der Waals surface area contributed by atoms with Gasteiger partial charge in [-0.05, 0) is 42.7 Å². The van der Waals surface area contributed by atoms with E-state index in [4.69, 9.17) is 9.47 Å². The molecule has 0 saturated carbocycles. The summed E-state index contributed by atoms with van der Waals surface area (Å²) in [6.45, 7) is 0.626. The first-order chi connectivity index (χ1) is 14.0. The topological polar surface area (TPSA) is 84.9 Å². The van der Waals surface area contributed by atoms with Crippen LogP contribution in [-0.2, 0) is 26.2 Å². The number of carbonyl (C=O) groups excluding carboxylic acids is 1. The summed E-state index contributed by atoms with van der Waals surface area (Å²) in [5.74, 6) is 0.242. The number of likely N-dealkylation sites (N-methyl/N-ethyl adjacent to an activating group) is 1. The molecule has 1 fully saturated rings. The Morgan fingerprint density at radius 3 is 2.45 bits per heavy atom. The first kappa shape index (κ1) is 21.3. The molecule has 29 heavy (non-hydrogen) atoms. The molecule has 1 N–H and O–H groups in total. The molecule has 3 rings (SSSR count). The molecule has 2 atom stereocenters. The second-order valence-electron chi connectivity index (χ2n) is 6.87. The number of nitrogens with one attached hydrogen (secondary N) is 1. The molecule has 1 saturated heterocycles. The summed E-state index contributed by atoms with van der Waals surface area (Å²) in [6.07, 6.45) is 0.729. The number of rotatable bonds is 7. The average molecular weight is 419 g/mol. The van der Waals surface area contributed by atoms with Crippen molar-refractivity contribution in [3.8, 4) is 5.75 Å². The number of hydrogen-bond acceptors (Lipinski definition) is 5. The molecule has 0 spiro atoms. The molecule has 1 amide bonds. The van der Waals surface area contributed by atoms with Crippen LogP contribution in [-0.4, -0.2) is 51.5 Å².